The molecule has 3 heteroatoms. The zero-order chi connectivity index (χ0) is 14.0. The Hall–Kier alpha value is -1.74. The van der Waals surface area contributed by atoms with E-state index in [0.29, 0.717) is 5.56 Å². The van der Waals surface area contributed by atoms with Gasteiger partial charge in [0.2, 0.25) is 0 Å². The number of benzene rings is 1. The fourth-order valence-corrected chi connectivity index (χ4v) is 3.23. The average molecular weight is 270 g/mol. The lowest BCUT2D eigenvalue weighted by Gasteiger charge is -2.36. The van der Waals surface area contributed by atoms with Gasteiger partial charge in [0.1, 0.15) is 0 Å². The summed E-state index contributed by atoms with van der Waals surface area (Å²) in [6.45, 7) is -0.0162. The van der Waals surface area contributed by atoms with Crippen LogP contribution in [0.1, 0.15) is 35.6 Å². The van der Waals surface area contributed by atoms with Crippen LogP contribution in [0.25, 0.3) is 0 Å². The van der Waals surface area contributed by atoms with Crippen LogP contribution in [0.4, 0.5) is 4.39 Å². The van der Waals surface area contributed by atoms with Crippen LogP contribution in [0.15, 0.2) is 48.7 Å². The molecule has 2 unspecified atom stereocenters. The summed E-state index contributed by atoms with van der Waals surface area (Å²) in [5.74, 6) is -0.250. The highest BCUT2D eigenvalue weighted by Gasteiger charge is 2.43. The van der Waals surface area contributed by atoms with E-state index in [1.54, 1.807) is 6.20 Å². The summed E-state index contributed by atoms with van der Waals surface area (Å²) >= 11 is 0. The first-order valence-electron chi connectivity index (χ1n) is 7.14. The summed E-state index contributed by atoms with van der Waals surface area (Å²) in [6, 6.07) is 13.2. The lowest BCUT2D eigenvalue weighted by molar-refractivity contribution is 0.118. The zero-order valence-electron chi connectivity index (χ0n) is 11.4. The largest absolute Gasteiger partial charge is 0.327 e. The van der Waals surface area contributed by atoms with E-state index in [-0.39, 0.29) is 12.5 Å². The maximum Gasteiger partial charge on any atom is 0.156 e. The Kier molecular flexibility index (Phi) is 3.53. The first-order valence-corrected chi connectivity index (χ1v) is 7.14. The molecule has 2 atom stereocenters. The van der Waals surface area contributed by atoms with Gasteiger partial charge in [0.15, 0.2) is 5.67 Å². The van der Waals surface area contributed by atoms with Crippen molar-refractivity contribution in [3.8, 4) is 0 Å². The molecule has 1 aromatic heterocycles. The fraction of sp³-hybridized carbons (Fsp3) is 0.353. The predicted molar refractivity (Wildman–Crippen MR) is 78.2 cm³/mol. The molecule has 1 aliphatic carbocycles. The Morgan fingerprint density at radius 2 is 2.00 bits per heavy atom. The van der Waals surface area contributed by atoms with Crippen LogP contribution in [0, 0.1) is 0 Å². The van der Waals surface area contributed by atoms with E-state index in [2.05, 4.69) is 11.1 Å². The van der Waals surface area contributed by atoms with Gasteiger partial charge in [-0.05, 0) is 36.5 Å². The second-order valence-electron chi connectivity index (χ2n) is 5.43. The normalized spacial score (nSPS) is 21.0. The number of nitrogens with zero attached hydrogens (tertiary/aromatic N) is 1. The van der Waals surface area contributed by atoms with Crippen molar-refractivity contribution >= 4 is 0 Å². The molecule has 0 radical (unpaired) electrons. The minimum atomic E-state index is -1.54. The maximum atomic E-state index is 15.7. The molecule has 0 amide bonds. The van der Waals surface area contributed by atoms with Crippen LogP contribution in [0.3, 0.4) is 0 Å². The number of pyridine rings is 1. The van der Waals surface area contributed by atoms with Gasteiger partial charge >= 0.3 is 0 Å². The van der Waals surface area contributed by atoms with Crippen molar-refractivity contribution in [3.63, 3.8) is 0 Å². The highest BCUT2D eigenvalue weighted by atomic mass is 19.1. The van der Waals surface area contributed by atoms with Gasteiger partial charge in [-0.15, -0.1) is 0 Å². The van der Waals surface area contributed by atoms with Crippen LogP contribution in [0.2, 0.25) is 0 Å². The molecule has 3 rings (SSSR count). The Morgan fingerprint density at radius 1 is 1.20 bits per heavy atom. The Morgan fingerprint density at radius 3 is 2.75 bits per heavy atom. The molecule has 104 valence electrons. The second-order valence-corrected chi connectivity index (χ2v) is 5.43. The van der Waals surface area contributed by atoms with Gasteiger partial charge < -0.3 is 5.73 Å². The first kappa shape index (κ1) is 13.3. The van der Waals surface area contributed by atoms with E-state index in [9.17, 15) is 0 Å². The van der Waals surface area contributed by atoms with Crippen LogP contribution >= 0.6 is 0 Å². The summed E-state index contributed by atoms with van der Waals surface area (Å²) < 4.78 is 15.7. The summed E-state index contributed by atoms with van der Waals surface area (Å²) in [5.41, 5.74) is 6.99. The number of fused-ring (bicyclic) bond motifs is 1. The van der Waals surface area contributed by atoms with E-state index < -0.39 is 5.67 Å². The molecule has 1 heterocycles. The standard InChI is InChI=1S/C17H19FN2/c18-17(12-19,14-8-2-1-3-9-14)15-10-4-6-13-7-5-11-20-16(13)15/h1-3,5,7-9,11,15H,4,6,10,12,19H2. The lowest BCUT2D eigenvalue weighted by Crippen LogP contribution is -2.39. The third kappa shape index (κ3) is 2.12. The zero-order valence-corrected chi connectivity index (χ0v) is 11.4. The van der Waals surface area contributed by atoms with E-state index >= 15 is 4.39 Å². The van der Waals surface area contributed by atoms with Gasteiger partial charge in [-0.2, -0.15) is 0 Å². The molecule has 0 saturated carbocycles. The molecule has 20 heavy (non-hydrogen) atoms. The van der Waals surface area contributed by atoms with Crippen molar-refractivity contribution in [1.29, 1.82) is 0 Å². The maximum absolute atomic E-state index is 15.7. The Balaban J connectivity index is 2.07. The van der Waals surface area contributed by atoms with Gasteiger partial charge in [-0.1, -0.05) is 36.4 Å². The van der Waals surface area contributed by atoms with Crippen molar-refractivity contribution in [2.45, 2.75) is 30.8 Å². The molecule has 0 bridgehead atoms. The third-order valence-electron chi connectivity index (χ3n) is 4.30. The van der Waals surface area contributed by atoms with Crippen molar-refractivity contribution in [2.75, 3.05) is 6.54 Å². The molecule has 0 aliphatic heterocycles. The van der Waals surface area contributed by atoms with E-state index in [4.69, 9.17) is 5.73 Å². The molecule has 2 nitrogen and oxygen atoms in total. The van der Waals surface area contributed by atoms with Gasteiger partial charge in [-0.25, -0.2) is 4.39 Å². The summed E-state index contributed by atoms with van der Waals surface area (Å²) in [6.07, 6.45) is 4.52. The Bertz CT molecular complexity index is 585. The number of hydrogen-bond acceptors (Lipinski definition) is 2. The van der Waals surface area contributed by atoms with Crippen LogP contribution in [0.5, 0.6) is 0 Å². The molecule has 0 fully saturated rings. The monoisotopic (exact) mass is 270 g/mol. The third-order valence-corrected chi connectivity index (χ3v) is 4.30. The smallest absolute Gasteiger partial charge is 0.156 e. The van der Waals surface area contributed by atoms with Crippen molar-refractivity contribution in [3.05, 3.63) is 65.5 Å². The minimum absolute atomic E-state index is 0.0162. The van der Waals surface area contributed by atoms with Crippen molar-refractivity contribution < 1.29 is 4.39 Å². The number of hydrogen-bond donors (Lipinski definition) is 1. The molecule has 1 aliphatic rings. The first-order chi connectivity index (χ1) is 9.75. The lowest BCUT2D eigenvalue weighted by atomic mass is 9.73. The molecule has 1 aromatic carbocycles. The van der Waals surface area contributed by atoms with Gasteiger partial charge in [-0.3, -0.25) is 4.98 Å². The van der Waals surface area contributed by atoms with Crippen molar-refractivity contribution in [1.82, 2.24) is 4.98 Å². The second kappa shape index (κ2) is 5.33. The highest BCUT2D eigenvalue weighted by Crippen LogP contribution is 2.45. The summed E-state index contributed by atoms with van der Waals surface area (Å²) in [5, 5.41) is 0. The number of rotatable bonds is 3. The SMILES string of the molecule is NCC(F)(c1ccccc1)C1CCCc2cccnc21. The highest BCUT2D eigenvalue weighted by molar-refractivity contribution is 5.34. The average Bonchev–Trinajstić information content (AvgIpc) is 2.54. The quantitative estimate of drug-likeness (QED) is 0.929. The van der Waals surface area contributed by atoms with Crippen LogP contribution in [-0.2, 0) is 12.1 Å². The van der Waals surface area contributed by atoms with E-state index in [1.807, 2.05) is 36.4 Å². The molecule has 0 spiro atoms. The minimum Gasteiger partial charge on any atom is -0.327 e. The number of aryl methyl sites for hydroxylation is 1. The molecular formula is C17H19FN2. The Labute approximate surface area is 118 Å². The van der Waals surface area contributed by atoms with E-state index in [1.165, 1.54) is 0 Å². The fourth-order valence-electron chi connectivity index (χ4n) is 3.23. The molecule has 2 N–H and O–H groups in total. The van der Waals surface area contributed by atoms with Crippen molar-refractivity contribution in [2.24, 2.45) is 5.73 Å². The van der Waals surface area contributed by atoms with Gasteiger partial charge in [0.25, 0.3) is 0 Å². The molecular weight excluding hydrogens is 251 g/mol. The predicted octanol–water partition coefficient (Wildman–Crippen LogP) is 3.33. The van der Waals surface area contributed by atoms with Crippen LogP contribution < -0.4 is 5.73 Å². The number of aromatic nitrogens is 1. The number of nitrogens with two attached hydrogens (primary N) is 1. The summed E-state index contributed by atoms with van der Waals surface area (Å²) in [7, 11) is 0. The van der Waals surface area contributed by atoms with Gasteiger partial charge in [0, 0.05) is 18.7 Å². The number of halogens is 1. The molecule has 2 aromatic rings. The van der Waals surface area contributed by atoms with Crippen LogP contribution in [-0.4, -0.2) is 11.5 Å². The van der Waals surface area contributed by atoms with Gasteiger partial charge in [0.05, 0.1) is 5.69 Å². The number of alkyl halides is 1. The molecule has 0 saturated heterocycles. The summed E-state index contributed by atoms with van der Waals surface area (Å²) in [4.78, 5) is 4.44. The topological polar surface area (TPSA) is 38.9 Å². The van der Waals surface area contributed by atoms with E-state index in [0.717, 1.165) is 30.5 Å².